The second-order valence-electron chi connectivity index (χ2n) is 7.24. The summed E-state index contributed by atoms with van der Waals surface area (Å²) in [7, 11) is 0. The summed E-state index contributed by atoms with van der Waals surface area (Å²) in [6.07, 6.45) is 6.11. The van der Waals surface area contributed by atoms with Crippen LogP contribution in [0.2, 0.25) is 0 Å². The van der Waals surface area contributed by atoms with Crippen LogP contribution in [0.25, 0.3) is 0 Å². The van der Waals surface area contributed by atoms with E-state index < -0.39 is 11.4 Å². The second-order valence-corrected chi connectivity index (χ2v) is 8.56. The molecule has 0 spiro atoms. The van der Waals surface area contributed by atoms with Crippen molar-refractivity contribution in [3.8, 4) is 6.07 Å². The number of hydrogen-bond acceptors (Lipinski definition) is 5. The summed E-state index contributed by atoms with van der Waals surface area (Å²) in [6, 6.07) is 18.4. The quantitative estimate of drug-likeness (QED) is 0.660. The lowest BCUT2D eigenvalue weighted by Gasteiger charge is -2.31. The average molecular weight is 406 g/mol. The van der Waals surface area contributed by atoms with Crippen molar-refractivity contribution in [2.24, 2.45) is 0 Å². The fourth-order valence-corrected chi connectivity index (χ4v) is 4.79. The molecular formula is C22H23N5OS. The topological polar surface area (TPSA) is 82.0 Å². The molecule has 0 amide bonds. The minimum absolute atomic E-state index is 0.0695. The monoisotopic (exact) mass is 405 g/mol. The molecule has 0 bridgehead atoms. The van der Waals surface area contributed by atoms with E-state index >= 15 is 0 Å². The summed E-state index contributed by atoms with van der Waals surface area (Å²) >= 11 is -1.13. The van der Waals surface area contributed by atoms with Gasteiger partial charge < -0.3 is 14.4 Å². The van der Waals surface area contributed by atoms with Crippen LogP contribution in [0.3, 0.4) is 0 Å². The van der Waals surface area contributed by atoms with E-state index in [0.717, 1.165) is 29.9 Å². The molecule has 2 aromatic carbocycles. The molecular weight excluding hydrogens is 382 g/mol. The molecule has 1 aliphatic rings. The molecule has 4 rings (SSSR count). The number of nitriles is 1. The Bertz CT molecular complexity index is 984. The van der Waals surface area contributed by atoms with Crippen molar-refractivity contribution in [2.75, 3.05) is 17.7 Å². The van der Waals surface area contributed by atoms with Gasteiger partial charge in [0, 0.05) is 29.8 Å². The predicted octanol–water partition coefficient (Wildman–Crippen LogP) is 3.01. The SMILES string of the molecule is C[S+]([O-])N1Cc2cc(C#N)ccc2N(Cc2c[nH]cn2)C[C@H]1Cc1ccccc1. The van der Waals surface area contributed by atoms with Crippen LogP contribution in [0, 0.1) is 11.3 Å². The number of rotatable bonds is 5. The minimum atomic E-state index is -1.13. The lowest BCUT2D eigenvalue weighted by molar-refractivity contribution is 0.320. The third-order valence-electron chi connectivity index (χ3n) is 5.27. The molecule has 0 radical (unpaired) electrons. The van der Waals surface area contributed by atoms with E-state index in [9.17, 15) is 9.81 Å². The van der Waals surface area contributed by atoms with Crippen LogP contribution in [-0.2, 0) is 30.9 Å². The van der Waals surface area contributed by atoms with E-state index in [1.54, 1.807) is 12.6 Å². The summed E-state index contributed by atoms with van der Waals surface area (Å²) in [5.74, 6) is 0. The molecule has 1 unspecified atom stereocenters. The molecule has 3 aromatic rings. The number of fused-ring (bicyclic) bond motifs is 1. The summed E-state index contributed by atoms with van der Waals surface area (Å²) in [6.45, 7) is 1.92. The van der Waals surface area contributed by atoms with Crippen LogP contribution in [0.15, 0.2) is 61.1 Å². The van der Waals surface area contributed by atoms with E-state index in [-0.39, 0.29) is 6.04 Å². The lowest BCUT2D eigenvalue weighted by atomic mass is 10.1. The first-order valence-corrected chi connectivity index (χ1v) is 11.1. The summed E-state index contributed by atoms with van der Waals surface area (Å²) in [4.78, 5) is 9.69. The number of imidazole rings is 1. The number of aromatic nitrogens is 2. The smallest absolute Gasteiger partial charge is 0.115 e. The van der Waals surface area contributed by atoms with Gasteiger partial charge in [-0.2, -0.15) is 5.26 Å². The maximum atomic E-state index is 12.7. The predicted molar refractivity (Wildman–Crippen MR) is 114 cm³/mol. The Hall–Kier alpha value is -2.79. The molecule has 2 atom stereocenters. The molecule has 6 nitrogen and oxygen atoms in total. The summed E-state index contributed by atoms with van der Waals surface area (Å²) < 4.78 is 14.7. The summed E-state index contributed by atoms with van der Waals surface area (Å²) in [5, 5.41) is 9.35. The van der Waals surface area contributed by atoms with Crippen LogP contribution in [0.1, 0.15) is 22.4 Å². The number of hydrogen-bond donors (Lipinski definition) is 1. The standard InChI is InChI=1S/C22H23N5OS/c1-29(28)27-13-19-9-18(11-23)7-8-22(19)26(14-20-12-24-16-25-20)15-21(27)10-17-5-3-2-4-6-17/h2-9,12,16,21H,10,13-15H2,1H3,(H,24,25)/t21-,29?/m1/s1. The van der Waals surface area contributed by atoms with Gasteiger partial charge in [0.15, 0.2) is 0 Å². The highest BCUT2D eigenvalue weighted by atomic mass is 32.2. The number of nitrogens with zero attached hydrogens (tertiary/aromatic N) is 4. The highest BCUT2D eigenvalue weighted by Crippen LogP contribution is 2.31. The molecule has 0 saturated carbocycles. The molecule has 0 fully saturated rings. The normalized spacial score (nSPS) is 18.0. The van der Waals surface area contributed by atoms with Crippen molar-refractivity contribution in [2.45, 2.75) is 25.6 Å². The first-order chi connectivity index (χ1) is 14.1. The largest absolute Gasteiger partial charge is 0.598 e. The molecule has 0 saturated heterocycles. The molecule has 1 aliphatic heterocycles. The Morgan fingerprint density at radius 2 is 2.10 bits per heavy atom. The Morgan fingerprint density at radius 3 is 2.79 bits per heavy atom. The van der Waals surface area contributed by atoms with Gasteiger partial charge in [0.25, 0.3) is 0 Å². The third-order valence-corrected chi connectivity index (χ3v) is 6.35. The fraction of sp³-hybridized carbons (Fsp3) is 0.273. The molecule has 2 heterocycles. The van der Waals surface area contributed by atoms with Gasteiger partial charge >= 0.3 is 0 Å². The maximum absolute atomic E-state index is 12.7. The number of nitrogens with one attached hydrogen (secondary N) is 1. The third kappa shape index (κ3) is 4.46. The van der Waals surface area contributed by atoms with Crippen molar-refractivity contribution < 1.29 is 4.55 Å². The maximum Gasteiger partial charge on any atom is 0.115 e. The van der Waals surface area contributed by atoms with Gasteiger partial charge in [-0.3, -0.25) is 0 Å². The van der Waals surface area contributed by atoms with Crippen molar-refractivity contribution in [3.05, 3.63) is 83.4 Å². The molecule has 0 aliphatic carbocycles. The Kier molecular flexibility index (Phi) is 5.86. The number of anilines is 1. The molecule has 29 heavy (non-hydrogen) atoms. The molecule has 148 valence electrons. The van der Waals surface area contributed by atoms with Crippen molar-refractivity contribution >= 4 is 17.0 Å². The molecule has 1 aromatic heterocycles. The summed E-state index contributed by atoms with van der Waals surface area (Å²) in [5.41, 5.74) is 4.87. The van der Waals surface area contributed by atoms with Crippen molar-refractivity contribution in [1.29, 1.82) is 5.26 Å². The van der Waals surface area contributed by atoms with Gasteiger partial charge in [-0.15, -0.1) is 4.31 Å². The van der Waals surface area contributed by atoms with Crippen LogP contribution in [0.5, 0.6) is 0 Å². The highest BCUT2D eigenvalue weighted by Gasteiger charge is 2.33. The minimum Gasteiger partial charge on any atom is -0.598 e. The zero-order valence-corrected chi connectivity index (χ0v) is 17.1. The van der Waals surface area contributed by atoms with E-state index in [1.165, 1.54) is 5.56 Å². The average Bonchev–Trinajstić information content (AvgIpc) is 3.19. The van der Waals surface area contributed by atoms with Crippen LogP contribution >= 0.6 is 0 Å². The number of benzene rings is 2. The van der Waals surface area contributed by atoms with Crippen molar-refractivity contribution in [3.63, 3.8) is 0 Å². The van der Waals surface area contributed by atoms with Gasteiger partial charge in [-0.1, -0.05) is 30.3 Å². The van der Waals surface area contributed by atoms with Gasteiger partial charge in [0.05, 0.1) is 42.8 Å². The Balaban J connectivity index is 1.72. The van der Waals surface area contributed by atoms with Crippen LogP contribution in [0.4, 0.5) is 5.69 Å². The van der Waals surface area contributed by atoms with Crippen LogP contribution in [-0.4, -0.2) is 37.7 Å². The fourth-order valence-electron chi connectivity index (χ4n) is 3.91. The van der Waals surface area contributed by atoms with Gasteiger partial charge in [0.1, 0.15) is 6.26 Å². The van der Waals surface area contributed by atoms with Gasteiger partial charge in [-0.05, 0) is 35.7 Å². The van der Waals surface area contributed by atoms with Crippen molar-refractivity contribution in [1.82, 2.24) is 14.3 Å². The highest BCUT2D eigenvalue weighted by molar-refractivity contribution is 7.88. The molecule has 7 heteroatoms. The zero-order valence-electron chi connectivity index (χ0n) is 16.3. The number of H-pyrrole nitrogens is 1. The van der Waals surface area contributed by atoms with E-state index in [2.05, 4.69) is 33.1 Å². The second kappa shape index (κ2) is 8.70. The van der Waals surface area contributed by atoms with E-state index in [1.807, 2.05) is 46.9 Å². The van der Waals surface area contributed by atoms with E-state index in [0.29, 0.717) is 18.7 Å². The number of aromatic amines is 1. The first-order valence-electron chi connectivity index (χ1n) is 9.54. The first kappa shape index (κ1) is 19.5. The van der Waals surface area contributed by atoms with Crippen LogP contribution < -0.4 is 4.90 Å². The molecule has 1 N–H and O–H groups in total. The zero-order chi connectivity index (χ0) is 20.2. The Labute approximate surface area is 174 Å². The lowest BCUT2D eigenvalue weighted by Crippen LogP contribution is -2.45. The Morgan fingerprint density at radius 1 is 1.28 bits per heavy atom. The van der Waals surface area contributed by atoms with E-state index in [4.69, 9.17) is 0 Å². The van der Waals surface area contributed by atoms with Gasteiger partial charge in [0.2, 0.25) is 0 Å². The van der Waals surface area contributed by atoms with Gasteiger partial charge in [-0.25, -0.2) is 4.98 Å².